The van der Waals surface area contributed by atoms with Crippen LogP contribution in [0.5, 0.6) is 0 Å². The lowest BCUT2D eigenvalue weighted by Gasteiger charge is -2.09. The van der Waals surface area contributed by atoms with Gasteiger partial charge in [-0.3, -0.25) is 4.79 Å². The van der Waals surface area contributed by atoms with Crippen molar-refractivity contribution in [2.45, 2.75) is 23.9 Å². The van der Waals surface area contributed by atoms with Gasteiger partial charge in [-0.2, -0.15) is 13.2 Å². The molecule has 0 spiro atoms. The fourth-order valence-corrected chi connectivity index (χ4v) is 4.37. The number of rotatable bonds is 8. The molecule has 0 aliphatic heterocycles. The first-order valence-corrected chi connectivity index (χ1v) is 10.5. The quantitative estimate of drug-likeness (QED) is 0.609. The summed E-state index contributed by atoms with van der Waals surface area (Å²) >= 11 is 3.16. The highest BCUT2D eigenvalue weighted by molar-refractivity contribution is 9.10. The first-order chi connectivity index (χ1) is 13.1. The molecule has 0 radical (unpaired) electrons. The van der Waals surface area contributed by atoms with Gasteiger partial charge in [-0.1, -0.05) is 24.3 Å². The highest BCUT2D eigenvalue weighted by Gasteiger charge is 2.29. The lowest BCUT2D eigenvalue weighted by Crippen LogP contribution is -2.31. The van der Waals surface area contributed by atoms with Gasteiger partial charge in [-0.25, -0.2) is 13.1 Å². The van der Waals surface area contributed by atoms with E-state index < -0.39 is 21.8 Å². The molecule has 2 rings (SSSR count). The monoisotopic (exact) mass is 478 g/mol. The second-order valence-corrected chi connectivity index (χ2v) is 8.46. The van der Waals surface area contributed by atoms with E-state index in [4.69, 9.17) is 0 Å². The second kappa shape index (κ2) is 9.53. The van der Waals surface area contributed by atoms with E-state index >= 15 is 0 Å². The van der Waals surface area contributed by atoms with Gasteiger partial charge in [0.1, 0.15) is 0 Å². The average Bonchev–Trinajstić information content (AvgIpc) is 2.61. The summed E-state index contributed by atoms with van der Waals surface area (Å²) < 4.78 is 64.6. The molecule has 0 saturated carbocycles. The van der Waals surface area contributed by atoms with Crippen molar-refractivity contribution in [1.82, 2.24) is 10.0 Å². The van der Waals surface area contributed by atoms with E-state index in [0.29, 0.717) is 16.5 Å². The predicted octanol–water partition coefficient (Wildman–Crippen LogP) is 3.50. The van der Waals surface area contributed by atoms with Crippen LogP contribution in [-0.4, -0.2) is 27.4 Å². The number of alkyl halides is 3. The maximum Gasteiger partial charge on any atom is 0.416 e. The molecule has 0 aliphatic rings. The maximum atomic E-state index is 12.5. The summed E-state index contributed by atoms with van der Waals surface area (Å²) in [6, 6.07) is 11.0. The molecule has 0 bridgehead atoms. The second-order valence-electron chi connectivity index (χ2n) is 5.87. The largest absolute Gasteiger partial charge is 0.416 e. The predicted molar refractivity (Wildman–Crippen MR) is 102 cm³/mol. The number of hydrogen-bond donors (Lipinski definition) is 2. The molecular weight excluding hydrogens is 461 g/mol. The van der Waals surface area contributed by atoms with Crippen LogP contribution in [0, 0.1) is 0 Å². The van der Waals surface area contributed by atoms with E-state index in [1.165, 1.54) is 18.2 Å². The van der Waals surface area contributed by atoms with Crippen molar-refractivity contribution in [3.05, 3.63) is 64.1 Å². The molecule has 2 N–H and O–H groups in total. The van der Waals surface area contributed by atoms with Crippen LogP contribution in [0.1, 0.15) is 17.5 Å². The van der Waals surface area contributed by atoms with Crippen LogP contribution in [0.15, 0.2) is 57.9 Å². The van der Waals surface area contributed by atoms with Crippen molar-refractivity contribution in [3.63, 3.8) is 0 Å². The third-order valence-electron chi connectivity index (χ3n) is 3.79. The Balaban J connectivity index is 1.74. The van der Waals surface area contributed by atoms with Crippen LogP contribution >= 0.6 is 15.9 Å². The molecule has 10 heteroatoms. The Morgan fingerprint density at radius 2 is 1.64 bits per heavy atom. The summed E-state index contributed by atoms with van der Waals surface area (Å²) in [7, 11) is -3.74. The molecule has 0 atom stereocenters. The van der Waals surface area contributed by atoms with Gasteiger partial charge < -0.3 is 5.32 Å². The maximum absolute atomic E-state index is 12.5. The van der Waals surface area contributed by atoms with E-state index in [2.05, 4.69) is 26.0 Å². The summed E-state index contributed by atoms with van der Waals surface area (Å²) in [5.74, 6) is -0.360. The van der Waals surface area contributed by atoms with Gasteiger partial charge in [0.15, 0.2) is 0 Å². The van der Waals surface area contributed by atoms with Gasteiger partial charge in [0.25, 0.3) is 0 Å². The number of sulfonamides is 1. The van der Waals surface area contributed by atoms with E-state index in [9.17, 15) is 26.4 Å². The van der Waals surface area contributed by atoms with Gasteiger partial charge >= 0.3 is 6.18 Å². The number of benzene rings is 2. The lowest BCUT2D eigenvalue weighted by atomic mass is 10.1. The fourth-order valence-electron chi connectivity index (χ4n) is 2.33. The zero-order valence-corrected chi connectivity index (χ0v) is 17.0. The number of halogens is 4. The van der Waals surface area contributed by atoms with Crippen molar-refractivity contribution in [1.29, 1.82) is 0 Å². The first kappa shape index (κ1) is 22.4. The summed E-state index contributed by atoms with van der Waals surface area (Å²) in [5.41, 5.74) is -0.0689. The molecule has 2 aromatic rings. The zero-order chi connectivity index (χ0) is 20.8. The normalized spacial score (nSPS) is 12.0. The summed E-state index contributed by atoms with van der Waals surface area (Å²) in [6.45, 7) is 0.164. The van der Waals surface area contributed by atoms with Gasteiger partial charge in [0.2, 0.25) is 15.9 Å². The smallest absolute Gasteiger partial charge is 0.356 e. The van der Waals surface area contributed by atoms with Crippen LogP contribution < -0.4 is 10.0 Å². The van der Waals surface area contributed by atoms with E-state index in [0.717, 1.165) is 12.1 Å². The van der Waals surface area contributed by atoms with E-state index in [1.54, 1.807) is 18.2 Å². The van der Waals surface area contributed by atoms with Gasteiger partial charge in [0.05, 0.1) is 10.5 Å². The third-order valence-corrected chi connectivity index (χ3v) is 6.26. The summed E-state index contributed by atoms with van der Waals surface area (Å²) in [5, 5.41) is 2.61. The number of nitrogens with one attached hydrogen (secondary N) is 2. The standard InChI is InChI=1S/C18H18BrF3N2O3S/c19-15-3-1-2-4-16(15)28(26,27)24-12-10-17(25)23-11-9-13-5-7-14(8-6-13)18(20,21)22/h1-8,24H,9-12H2,(H,23,25). The van der Waals surface area contributed by atoms with Crippen molar-refractivity contribution >= 4 is 31.9 Å². The molecule has 0 heterocycles. The molecular formula is C18H18BrF3N2O3S. The van der Waals surface area contributed by atoms with Crippen LogP contribution in [0.3, 0.4) is 0 Å². The Morgan fingerprint density at radius 3 is 2.25 bits per heavy atom. The average molecular weight is 479 g/mol. The highest BCUT2D eigenvalue weighted by atomic mass is 79.9. The Labute approximate surface area is 169 Å². The number of amides is 1. The molecule has 0 aromatic heterocycles. The molecule has 1 amide bonds. The first-order valence-electron chi connectivity index (χ1n) is 8.26. The van der Waals surface area contributed by atoms with Crippen molar-refractivity contribution < 1.29 is 26.4 Å². The SMILES string of the molecule is O=C(CCNS(=O)(=O)c1ccccc1Br)NCCc1ccc(C(F)(F)F)cc1. The molecule has 0 unspecified atom stereocenters. The molecule has 0 aliphatic carbocycles. The van der Waals surface area contributed by atoms with Crippen LogP contribution in [0.4, 0.5) is 13.2 Å². The minimum Gasteiger partial charge on any atom is -0.356 e. The Hall–Kier alpha value is -1.91. The molecule has 2 aromatic carbocycles. The lowest BCUT2D eigenvalue weighted by molar-refractivity contribution is -0.137. The van der Waals surface area contributed by atoms with Gasteiger partial charge in [-0.05, 0) is 52.2 Å². The number of carbonyl (C=O) groups excluding carboxylic acids is 1. The van der Waals surface area contributed by atoms with Crippen molar-refractivity contribution in [2.24, 2.45) is 0 Å². The highest BCUT2D eigenvalue weighted by Crippen LogP contribution is 2.29. The molecule has 0 fully saturated rings. The summed E-state index contributed by atoms with van der Waals surface area (Å²) in [4.78, 5) is 11.9. The number of carbonyl (C=O) groups is 1. The van der Waals surface area contributed by atoms with Crippen LogP contribution in [0.25, 0.3) is 0 Å². The van der Waals surface area contributed by atoms with Crippen molar-refractivity contribution in [3.8, 4) is 0 Å². The topological polar surface area (TPSA) is 75.3 Å². The molecule has 5 nitrogen and oxygen atoms in total. The molecule has 0 saturated heterocycles. The van der Waals surface area contributed by atoms with Gasteiger partial charge in [-0.15, -0.1) is 0 Å². The Kier molecular flexibility index (Phi) is 7.62. The Bertz CT molecular complexity index is 916. The third kappa shape index (κ3) is 6.61. The summed E-state index contributed by atoms with van der Waals surface area (Å²) in [6.07, 6.45) is -4.07. The van der Waals surface area contributed by atoms with E-state index in [-0.39, 0.29) is 30.3 Å². The number of hydrogen-bond acceptors (Lipinski definition) is 3. The zero-order valence-electron chi connectivity index (χ0n) is 14.6. The van der Waals surface area contributed by atoms with Gasteiger partial charge in [0, 0.05) is 24.0 Å². The minimum atomic E-state index is -4.38. The fraction of sp³-hybridized carbons (Fsp3) is 0.278. The Morgan fingerprint density at radius 1 is 1.00 bits per heavy atom. The molecule has 28 heavy (non-hydrogen) atoms. The minimum absolute atomic E-state index is 0.0588. The van der Waals surface area contributed by atoms with E-state index in [1.807, 2.05) is 0 Å². The molecule has 152 valence electrons. The van der Waals surface area contributed by atoms with Crippen LogP contribution in [0.2, 0.25) is 0 Å². The van der Waals surface area contributed by atoms with Crippen molar-refractivity contribution in [2.75, 3.05) is 13.1 Å². The van der Waals surface area contributed by atoms with Crippen LogP contribution in [-0.2, 0) is 27.4 Å².